The Labute approximate surface area is 482 Å². The molecule has 10 aromatic carbocycles. The molecule has 6 atom stereocenters. The highest BCUT2D eigenvalue weighted by Gasteiger charge is 2.58. The van der Waals surface area contributed by atoms with Crippen molar-refractivity contribution >= 4 is 23.9 Å². The summed E-state index contributed by atoms with van der Waals surface area (Å²) >= 11 is 0. The molecule has 410 valence electrons. The highest BCUT2D eigenvalue weighted by atomic mass is 16.3. The van der Waals surface area contributed by atoms with Crippen LogP contribution in [-0.2, 0) is 11.2 Å². The van der Waals surface area contributed by atoms with Crippen LogP contribution < -0.4 is 0 Å². The average molecular weight is 1070 g/mol. The minimum atomic E-state index is -1.32. The number of carbonyl (C=O) groups is 3. The normalized spacial score (nSPS) is 16.8. The van der Waals surface area contributed by atoms with E-state index < -0.39 is 17.1 Å². The van der Waals surface area contributed by atoms with Crippen molar-refractivity contribution in [1.29, 1.82) is 0 Å². The number of benzene rings is 10. The number of aliphatic hydroxyl groups is 2. The quantitative estimate of drug-likeness (QED) is 0.0682. The van der Waals surface area contributed by atoms with Gasteiger partial charge in [-0.1, -0.05) is 336 Å². The van der Waals surface area contributed by atoms with E-state index in [0.717, 1.165) is 45.2 Å². The zero-order valence-electron chi connectivity index (χ0n) is 45.1. The lowest BCUT2D eigenvalue weighted by Crippen LogP contribution is -2.41. The Morgan fingerprint density at radius 1 is 0.519 bits per heavy atom. The second kappa shape index (κ2) is 31.9. The van der Waals surface area contributed by atoms with Crippen molar-refractivity contribution in [3.05, 3.63) is 378 Å². The van der Waals surface area contributed by atoms with Gasteiger partial charge in [-0.15, -0.1) is 0 Å². The lowest BCUT2D eigenvalue weighted by atomic mass is 9.71. The number of ketones is 2. The first kappa shape index (κ1) is 60.8. The van der Waals surface area contributed by atoms with Gasteiger partial charge >= 0.3 is 0 Å². The molecule has 0 amide bonds. The molecule has 1 aliphatic carbocycles. The molecule has 1 fully saturated rings. The van der Waals surface area contributed by atoms with Crippen LogP contribution in [0.15, 0.2) is 328 Å². The Balaban J connectivity index is 0.000000253. The molecule has 1 saturated carbocycles. The zero-order valence-corrected chi connectivity index (χ0v) is 45.1. The Morgan fingerprint density at radius 3 is 1.33 bits per heavy atom. The van der Waals surface area contributed by atoms with Gasteiger partial charge in [0.1, 0.15) is 17.5 Å². The zero-order chi connectivity index (χ0) is 56.3. The average Bonchev–Trinajstić information content (AvgIpc) is 2.23. The van der Waals surface area contributed by atoms with Crippen LogP contribution >= 0.6 is 0 Å². The van der Waals surface area contributed by atoms with Crippen molar-refractivity contribution in [3.8, 4) is 0 Å². The Morgan fingerprint density at radius 2 is 0.889 bits per heavy atom. The Hall–Kier alpha value is -9.39. The molecule has 0 spiro atoms. The summed E-state index contributed by atoms with van der Waals surface area (Å²) in [6, 6.07) is 99.7. The fourth-order valence-electron chi connectivity index (χ4n) is 10.1. The summed E-state index contributed by atoms with van der Waals surface area (Å²) in [5.41, 5.74) is 5.70. The van der Waals surface area contributed by atoms with E-state index >= 15 is 0 Å². The standard InChI is InChI=1S/C30H26O2.C23H22O.C9H8O.C7H6O.C6H6.CH4.2H2/c31-29(24-17-9-3-10-18-24)28-26(22-13-5-1-6-14-22)21-27(23-15-7-2-8-16-23)30(28,32)25-19-11-4-12-20-25;1-19(21-13-7-3-8-14-21)23(24,22-15-9-4-10-16-22)18-17-20-11-5-2-6-12-20;1-2-9(10)8-6-4-3-5-7-8;8-6-7-4-2-1-3-5-7;1-2-4-6-5-3-1;;;/h1-20,26-28,32H,21H2;2-19,24H,1H3;2-7H,1H2;1-6H;1-6H;1H4;2*1H. The highest BCUT2D eigenvalue weighted by molar-refractivity contribution is 6.04. The van der Waals surface area contributed by atoms with Crippen LogP contribution in [0, 0.1) is 5.92 Å². The number of aldehydes is 1. The first-order chi connectivity index (χ1) is 39.2. The van der Waals surface area contributed by atoms with Gasteiger partial charge in [-0.25, -0.2) is 0 Å². The SMILES string of the molecule is C.C=CC(=O)c1ccccc1.CC(c1ccccc1)C(O)(C=Cc1ccccc1)c1ccccc1.O=C(c1ccccc1)C1C(c2ccccc2)CC(c2ccccc2)C1(O)c1ccccc1.O=Cc1ccccc1.[HH].[HH].c1ccccc1. The molecule has 10 aromatic rings. The largest absolute Gasteiger partial charge is 0.384 e. The summed E-state index contributed by atoms with van der Waals surface area (Å²) in [4.78, 5) is 34.9. The van der Waals surface area contributed by atoms with Crippen LogP contribution in [0.4, 0.5) is 0 Å². The Bertz CT molecular complexity index is 3370. The summed E-state index contributed by atoms with van der Waals surface area (Å²) in [5.74, 6) is -1.00. The van der Waals surface area contributed by atoms with E-state index in [1.807, 2.05) is 261 Å². The molecule has 0 radical (unpaired) electrons. The highest BCUT2D eigenvalue weighted by Crippen LogP contribution is 2.59. The monoisotopic (exact) mass is 1070 g/mol. The van der Waals surface area contributed by atoms with Gasteiger partial charge in [-0.3, -0.25) is 14.4 Å². The maximum absolute atomic E-state index is 14.0. The van der Waals surface area contributed by atoms with E-state index in [-0.39, 0.29) is 39.6 Å². The van der Waals surface area contributed by atoms with Crippen molar-refractivity contribution < 1.29 is 27.4 Å². The first-order valence-corrected chi connectivity index (χ1v) is 26.9. The van der Waals surface area contributed by atoms with Gasteiger partial charge in [0, 0.05) is 31.4 Å². The third-order valence-electron chi connectivity index (χ3n) is 14.3. The molecule has 81 heavy (non-hydrogen) atoms. The van der Waals surface area contributed by atoms with E-state index in [1.54, 1.807) is 24.3 Å². The van der Waals surface area contributed by atoms with E-state index in [4.69, 9.17) is 0 Å². The van der Waals surface area contributed by atoms with Crippen molar-refractivity contribution in [2.45, 2.75) is 49.7 Å². The maximum atomic E-state index is 14.0. The van der Waals surface area contributed by atoms with Crippen LogP contribution in [0.5, 0.6) is 0 Å². The molecular weight excluding hydrogens is 993 g/mol. The number of carbonyl (C=O) groups excluding carboxylic acids is 3. The molecule has 0 heterocycles. The first-order valence-electron chi connectivity index (χ1n) is 26.9. The molecule has 0 aromatic heterocycles. The molecule has 5 nitrogen and oxygen atoms in total. The Kier molecular flexibility index (Phi) is 23.9. The number of rotatable bonds is 13. The summed E-state index contributed by atoms with van der Waals surface area (Å²) < 4.78 is 0. The summed E-state index contributed by atoms with van der Waals surface area (Å²) in [6.07, 6.45) is 6.75. The van der Waals surface area contributed by atoms with E-state index in [0.29, 0.717) is 17.5 Å². The second-order valence-corrected chi connectivity index (χ2v) is 19.3. The third-order valence-corrected chi connectivity index (χ3v) is 14.3. The number of Topliss-reactive ketones (excluding diaryl/α,β-unsaturated/α-hetero) is 1. The predicted octanol–water partition coefficient (Wildman–Crippen LogP) is 18.1. The molecule has 5 heteroatoms. The number of hydrogen-bond acceptors (Lipinski definition) is 5. The maximum Gasteiger partial charge on any atom is 0.185 e. The minimum absolute atomic E-state index is 0. The van der Waals surface area contributed by atoms with Crippen molar-refractivity contribution in [3.63, 3.8) is 0 Å². The molecule has 0 bridgehead atoms. The molecular formula is C76H76O5. The lowest BCUT2D eigenvalue weighted by molar-refractivity contribution is -0.0133. The summed E-state index contributed by atoms with van der Waals surface area (Å²) in [7, 11) is 0. The molecule has 1 aliphatic rings. The smallest absolute Gasteiger partial charge is 0.185 e. The van der Waals surface area contributed by atoms with Crippen LogP contribution in [0.25, 0.3) is 6.08 Å². The predicted molar refractivity (Wildman–Crippen MR) is 338 cm³/mol. The topological polar surface area (TPSA) is 91.7 Å². The fraction of sp³-hybridized carbons (Fsp3) is 0.118. The van der Waals surface area contributed by atoms with Crippen LogP contribution in [-0.4, -0.2) is 28.1 Å². The van der Waals surface area contributed by atoms with Gasteiger partial charge in [0.2, 0.25) is 0 Å². The van der Waals surface area contributed by atoms with Gasteiger partial charge in [-0.2, -0.15) is 0 Å². The lowest BCUT2D eigenvalue weighted by Gasteiger charge is -2.36. The van der Waals surface area contributed by atoms with Gasteiger partial charge in [0.15, 0.2) is 11.6 Å². The number of allylic oxidation sites excluding steroid dienone is 1. The van der Waals surface area contributed by atoms with E-state index in [9.17, 15) is 24.6 Å². The van der Waals surface area contributed by atoms with Crippen LogP contribution in [0.2, 0.25) is 0 Å². The number of hydrogen-bond donors (Lipinski definition) is 2. The molecule has 0 saturated heterocycles. The van der Waals surface area contributed by atoms with Crippen molar-refractivity contribution in [2.75, 3.05) is 0 Å². The molecule has 2 N–H and O–H groups in total. The van der Waals surface area contributed by atoms with Crippen molar-refractivity contribution in [2.24, 2.45) is 5.92 Å². The van der Waals surface area contributed by atoms with Crippen molar-refractivity contribution in [1.82, 2.24) is 0 Å². The minimum Gasteiger partial charge on any atom is -0.384 e. The molecule has 0 aliphatic heterocycles. The third kappa shape index (κ3) is 16.8. The fourth-order valence-corrected chi connectivity index (χ4v) is 10.1. The summed E-state index contributed by atoms with van der Waals surface area (Å²) in [6.45, 7) is 5.45. The van der Waals surface area contributed by atoms with Gasteiger partial charge in [0.05, 0.1) is 5.92 Å². The second-order valence-electron chi connectivity index (χ2n) is 19.3. The van der Waals surface area contributed by atoms with Gasteiger partial charge in [-0.05, 0) is 57.9 Å². The summed E-state index contributed by atoms with van der Waals surface area (Å²) in [5, 5.41) is 24.2. The molecule has 6 unspecified atom stereocenters. The molecule has 11 rings (SSSR count). The van der Waals surface area contributed by atoms with Gasteiger partial charge in [0.25, 0.3) is 0 Å². The van der Waals surface area contributed by atoms with Gasteiger partial charge < -0.3 is 10.2 Å². The van der Waals surface area contributed by atoms with Crippen LogP contribution in [0.1, 0.15) is 106 Å². The van der Waals surface area contributed by atoms with E-state index in [2.05, 4.69) is 49.9 Å². The van der Waals surface area contributed by atoms with E-state index in [1.165, 1.54) is 6.08 Å². The van der Waals surface area contributed by atoms with Crippen LogP contribution in [0.3, 0.4) is 0 Å².